The normalized spacial score (nSPS) is 15.4. The van der Waals surface area contributed by atoms with Crippen LogP contribution in [-0.2, 0) is 0 Å². The molecular formula is C12H17N3O. The Balaban J connectivity index is 2.16. The summed E-state index contributed by atoms with van der Waals surface area (Å²) >= 11 is 0. The lowest BCUT2D eigenvalue weighted by atomic mass is 10.1. The Labute approximate surface area is 95.4 Å². The summed E-state index contributed by atoms with van der Waals surface area (Å²) in [6.07, 6.45) is 6.15. The van der Waals surface area contributed by atoms with Crippen molar-refractivity contribution in [3.05, 3.63) is 30.0 Å². The van der Waals surface area contributed by atoms with E-state index in [1.165, 1.54) is 12.8 Å². The molecule has 16 heavy (non-hydrogen) atoms. The van der Waals surface area contributed by atoms with Crippen LogP contribution in [0.15, 0.2) is 24.4 Å². The van der Waals surface area contributed by atoms with Crippen molar-refractivity contribution in [3.8, 4) is 5.75 Å². The molecule has 0 radical (unpaired) electrons. The minimum absolute atomic E-state index is 0.503. The third kappa shape index (κ3) is 2.28. The zero-order chi connectivity index (χ0) is 11.5. The first-order valence-corrected chi connectivity index (χ1v) is 5.36. The van der Waals surface area contributed by atoms with Crippen LogP contribution in [0.5, 0.6) is 5.75 Å². The smallest absolute Gasteiger partial charge is 0.149 e. The highest BCUT2D eigenvalue weighted by molar-refractivity contribution is 5.67. The van der Waals surface area contributed by atoms with E-state index in [1.54, 1.807) is 12.1 Å². The monoisotopic (exact) mass is 219 g/mol. The molecule has 0 aliphatic heterocycles. The third-order valence-electron chi connectivity index (χ3n) is 2.67. The first kappa shape index (κ1) is 10.8. The quantitative estimate of drug-likeness (QED) is 0.458. The van der Waals surface area contributed by atoms with Gasteiger partial charge in [-0.2, -0.15) is 0 Å². The summed E-state index contributed by atoms with van der Waals surface area (Å²) in [5.41, 5.74) is 7.39. The van der Waals surface area contributed by atoms with Crippen LogP contribution in [0, 0.1) is 0 Å². The Kier molecular flexibility index (Phi) is 3.01. The van der Waals surface area contributed by atoms with Gasteiger partial charge in [-0.15, -0.1) is 0 Å². The number of para-hydroxylation sites is 1. The van der Waals surface area contributed by atoms with E-state index in [2.05, 4.69) is 0 Å². The molecular weight excluding hydrogens is 202 g/mol. The maximum atomic E-state index is 5.83. The Hall–Kier alpha value is -1.68. The number of rotatable bonds is 4. The van der Waals surface area contributed by atoms with Crippen LogP contribution in [0.1, 0.15) is 18.4 Å². The number of anilines is 1. The largest absolute Gasteiger partial charge is 0.494 e. The highest BCUT2D eigenvalue weighted by Crippen LogP contribution is 2.28. The molecule has 0 spiro atoms. The number of hydrazine groups is 1. The van der Waals surface area contributed by atoms with Gasteiger partial charge in [0.05, 0.1) is 12.8 Å². The van der Waals surface area contributed by atoms with E-state index in [9.17, 15) is 0 Å². The number of methoxy groups -OCH3 is 1. The number of nitrogen functional groups attached to an aromatic ring is 1. The maximum Gasteiger partial charge on any atom is 0.149 e. The van der Waals surface area contributed by atoms with Gasteiger partial charge in [0.15, 0.2) is 0 Å². The lowest BCUT2D eigenvalue weighted by Gasteiger charge is -2.12. The molecule has 1 fully saturated rings. The van der Waals surface area contributed by atoms with Crippen molar-refractivity contribution in [2.24, 2.45) is 5.84 Å². The molecule has 1 aromatic carbocycles. The Morgan fingerprint density at radius 3 is 2.81 bits per heavy atom. The molecule has 1 aliphatic rings. The Morgan fingerprint density at radius 1 is 1.44 bits per heavy atom. The Bertz CT molecular complexity index is 399. The van der Waals surface area contributed by atoms with Crippen molar-refractivity contribution in [3.63, 3.8) is 0 Å². The van der Waals surface area contributed by atoms with Gasteiger partial charge in [-0.3, -0.25) is 0 Å². The highest BCUT2D eigenvalue weighted by atomic mass is 16.5. The minimum Gasteiger partial charge on any atom is -0.494 e. The van der Waals surface area contributed by atoms with Crippen LogP contribution in [0.2, 0.25) is 0 Å². The maximum absolute atomic E-state index is 5.83. The molecule has 0 unspecified atom stereocenters. The van der Waals surface area contributed by atoms with Gasteiger partial charge in [0.25, 0.3) is 0 Å². The average Bonchev–Trinajstić information content (AvgIpc) is 3.09. The van der Waals surface area contributed by atoms with Crippen LogP contribution in [0.4, 0.5) is 5.69 Å². The second kappa shape index (κ2) is 4.45. The van der Waals surface area contributed by atoms with Gasteiger partial charge in [-0.1, -0.05) is 12.1 Å². The molecule has 1 aromatic rings. The SMILES string of the molecule is COc1c(N)cccc1/C=C/N(N)C1CC1. The van der Waals surface area contributed by atoms with Gasteiger partial charge < -0.3 is 15.5 Å². The zero-order valence-electron chi connectivity index (χ0n) is 9.39. The topological polar surface area (TPSA) is 64.5 Å². The van der Waals surface area contributed by atoms with Crippen molar-refractivity contribution in [1.82, 2.24) is 5.01 Å². The second-order valence-electron chi connectivity index (χ2n) is 3.96. The van der Waals surface area contributed by atoms with Gasteiger partial charge in [-0.25, -0.2) is 5.84 Å². The molecule has 86 valence electrons. The molecule has 4 N–H and O–H groups in total. The van der Waals surface area contributed by atoms with E-state index in [-0.39, 0.29) is 0 Å². The van der Waals surface area contributed by atoms with Crippen molar-refractivity contribution in [1.29, 1.82) is 0 Å². The summed E-state index contributed by atoms with van der Waals surface area (Å²) < 4.78 is 5.25. The van der Waals surface area contributed by atoms with Gasteiger partial charge in [-0.05, 0) is 25.0 Å². The molecule has 0 aromatic heterocycles. The second-order valence-corrected chi connectivity index (χ2v) is 3.96. The number of hydrogen-bond donors (Lipinski definition) is 2. The van der Waals surface area contributed by atoms with Crippen LogP contribution in [-0.4, -0.2) is 18.2 Å². The number of nitrogens with zero attached hydrogens (tertiary/aromatic N) is 1. The lowest BCUT2D eigenvalue weighted by molar-refractivity contribution is 0.385. The number of hydrogen-bond acceptors (Lipinski definition) is 4. The fourth-order valence-corrected chi connectivity index (χ4v) is 1.60. The molecule has 0 saturated heterocycles. The molecule has 2 rings (SSSR count). The predicted octanol–water partition coefficient (Wildman–Crippen LogP) is 1.59. The fourth-order valence-electron chi connectivity index (χ4n) is 1.60. The van der Waals surface area contributed by atoms with E-state index < -0.39 is 0 Å². The van der Waals surface area contributed by atoms with Crippen LogP contribution < -0.4 is 16.3 Å². The summed E-state index contributed by atoms with van der Waals surface area (Å²) in [4.78, 5) is 0. The van der Waals surface area contributed by atoms with Gasteiger partial charge in [0.2, 0.25) is 0 Å². The summed E-state index contributed by atoms with van der Waals surface area (Å²) in [5.74, 6) is 6.53. The molecule has 0 heterocycles. The standard InChI is InChI=1S/C12H17N3O/c1-16-12-9(3-2-4-11(12)13)7-8-15(14)10-5-6-10/h2-4,7-8,10H,5-6,13-14H2,1H3/b8-7+. The van der Waals surface area contributed by atoms with E-state index in [1.807, 2.05) is 30.5 Å². The van der Waals surface area contributed by atoms with Crippen molar-refractivity contribution in [2.45, 2.75) is 18.9 Å². The lowest BCUT2D eigenvalue weighted by Crippen LogP contribution is -2.26. The van der Waals surface area contributed by atoms with E-state index in [0.29, 0.717) is 17.5 Å². The van der Waals surface area contributed by atoms with E-state index in [0.717, 1.165) is 5.56 Å². The van der Waals surface area contributed by atoms with Gasteiger partial charge in [0.1, 0.15) is 5.75 Å². The molecule has 1 aliphatic carbocycles. The molecule has 4 nitrogen and oxygen atoms in total. The first-order chi connectivity index (χ1) is 7.72. The summed E-state index contributed by atoms with van der Waals surface area (Å²) in [6.45, 7) is 0. The van der Waals surface area contributed by atoms with Crippen molar-refractivity contribution >= 4 is 11.8 Å². The van der Waals surface area contributed by atoms with Gasteiger partial charge in [0, 0.05) is 17.8 Å². The van der Waals surface area contributed by atoms with Crippen molar-refractivity contribution < 1.29 is 4.74 Å². The fraction of sp³-hybridized carbons (Fsp3) is 0.333. The van der Waals surface area contributed by atoms with Gasteiger partial charge >= 0.3 is 0 Å². The zero-order valence-corrected chi connectivity index (χ0v) is 9.39. The molecule has 0 atom stereocenters. The first-order valence-electron chi connectivity index (χ1n) is 5.36. The van der Waals surface area contributed by atoms with E-state index >= 15 is 0 Å². The summed E-state index contributed by atoms with van der Waals surface area (Å²) in [5, 5.41) is 1.74. The third-order valence-corrected chi connectivity index (χ3v) is 2.67. The molecule has 0 amide bonds. The van der Waals surface area contributed by atoms with Crippen LogP contribution in [0.25, 0.3) is 6.08 Å². The predicted molar refractivity (Wildman–Crippen MR) is 65.5 cm³/mol. The summed E-state index contributed by atoms with van der Waals surface area (Å²) in [6, 6.07) is 6.17. The van der Waals surface area contributed by atoms with Crippen LogP contribution >= 0.6 is 0 Å². The van der Waals surface area contributed by atoms with E-state index in [4.69, 9.17) is 16.3 Å². The number of ether oxygens (including phenoxy) is 1. The number of nitrogens with two attached hydrogens (primary N) is 2. The van der Waals surface area contributed by atoms with Crippen LogP contribution in [0.3, 0.4) is 0 Å². The molecule has 4 heteroatoms. The summed E-state index contributed by atoms with van der Waals surface area (Å²) in [7, 11) is 1.62. The minimum atomic E-state index is 0.503. The molecule has 1 saturated carbocycles. The number of benzene rings is 1. The highest BCUT2D eigenvalue weighted by Gasteiger charge is 2.24. The Morgan fingerprint density at radius 2 is 2.19 bits per heavy atom. The average molecular weight is 219 g/mol. The molecule has 0 bridgehead atoms. The van der Waals surface area contributed by atoms with Crippen molar-refractivity contribution in [2.75, 3.05) is 12.8 Å².